The molecular weight excluding hydrogens is 258 g/mol. The summed E-state index contributed by atoms with van der Waals surface area (Å²) in [5, 5.41) is 3.20. The third-order valence-corrected chi connectivity index (χ3v) is 3.84. The predicted molar refractivity (Wildman–Crippen MR) is 74.4 cm³/mol. The van der Waals surface area contributed by atoms with Gasteiger partial charge in [0.2, 0.25) is 5.91 Å². The van der Waals surface area contributed by atoms with Crippen LogP contribution in [-0.4, -0.2) is 42.4 Å². The highest BCUT2D eigenvalue weighted by atomic mass is 16.3. The van der Waals surface area contributed by atoms with Crippen molar-refractivity contribution in [3.63, 3.8) is 0 Å². The Balaban J connectivity index is 2.32. The van der Waals surface area contributed by atoms with Crippen LogP contribution in [0.25, 0.3) is 0 Å². The molecule has 6 heteroatoms. The molecule has 0 aliphatic carbocycles. The van der Waals surface area contributed by atoms with Gasteiger partial charge in [0, 0.05) is 18.2 Å². The van der Waals surface area contributed by atoms with E-state index in [9.17, 15) is 9.59 Å². The van der Waals surface area contributed by atoms with Crippen molar-refractivity contribution in [3.8, 4) is 0 Å². The van der Waals surface area contributed by atoms with Gasteiger partial charge in [-0.25, -0.2) is 0 Å². The first kappa shape index (κ1) is 14.6. The molecule has 1 fully saturated rings. The number of carbonyl (C=O) groups is 2. The molecule has 1 saturated heterocycles. The summed E-state index contributed by atoms with van der Waals surface area (Å²) >= 11 is 0. The monoisotopic (exact) mass is 279 g/mol. The normalized spacial score (nSPS) is 18.2. The summed E-state index contributed by atoms with van der Waals surface area (Å²) in [6.45, 7) is 6.92. The number of nitrogens with one attached hydrogen (secondary N) is 1. The molecule has 0 saturated carbocycles. The number of hydrogen-bond acceptors (Lipinski definition) is 4. The van der Waals surface area contributed by atoms with Crippen LogP contribution in [0.3, 0.4) is 0 Å². The third kappa shape index (κ3) is 2.70. The number of furan rings is 1. The van der Waals surface area contributed by atoms with E-state index in [1.54, 1.807) is 11.8 Å². The molecule has 0 radical (unpaired) electrons. The highest BCUT2D eigenvalue weighted by Crippen LogP contribution is 2.24. The van der Waals surface area contributed by atoms with E-state index in [-0.39, 0.29) is 18.5 Å². The molecule has 0 aromatic carbocycles. The quantitative estimate of drug-likeness (QED) is 0.839. The first-order chi connectivity index (χ1) is 9.41. The fourth-order valence-electron chi connectivity index (χ4n) is 2.69. The first-order valence-corrected chi connectivity index (χ1v) is 6.78. The van der Waals surface area contributed by atoms with Crippen LogP contribution in [0.2, 0.25) is 0 Å². The lowest BCUT2D eigenvalue weighted by Gasteiger charge is -2.27. The fourth-order valence-corrected chi connectivity index (χ4v) is 2.69. The number of aryl methyl sites for hydroxylation is 2. The Morgan fingerprint density at radius 1 is 1.35 bits per heavy atom. The third-order valence-electron chi connectivity index (χ3n) is 3.84. The lowest BCUT2D eigenvalue weighted by atomic mass is 10.1. The molecule has 1 aliphatic rings. The molecule has 0 bridgehead atoms. The molecule has 1 aromatic heterocycles. The number of carbonyl (C=O) groups excluding carboxylic acids is 2. The van der Waals surface area contributed by atoms with Crippen LogP contribution in [0.15, 0.2) is 4.42 Å². The second kappa shape index (κ2) is 5.66. The van der Waals surface area contributed by atoms with Crippen LogP contribution in [0, 0.1) is 20.8 Å². The van der Waals surface area contributed by atoms with Crippen LogP contribution in [-0.2, 0) is 4.79 Å². The smallest absolute Gasteiger partial charge is 0.258 e. The van der Waals surface area contributed by atoms with Gasteiger partial charge < -0.3 is 20.4 Å². The van der Waals surface area contributed by atoms with Crippen LogP contribution >= 0.6 is 0 Å². The number of amides is 2. The summed E-state index contributed by atoms with van der Waals surface area (Å²) in [7, 11) is 0. The summed E-state index contributed by atoms with van der Waals surface area (Å²) in [5.41, 5.74) is 6.66. The van der Waals surface area contributed by atoms with E-state index in [1.807, 2.05) is 13.8 Å². The van der Waals surface area contributed by atoms with Crippen molar-refractivity contribution < 1.29 is 14.0 Å². The summed E-state index contributed by atoms with van der Waals surface area (Å²) in [4.78, 5) is 25.6. The molecule has 3 N–H and O–H groups in total. The van der Waals surface area contributed by atoms with Gasteiger partial charge in [-0.2, -0.15) is 0 Å². The Labute approximate surface area is 118 Å². The summed E-state index contributed by atoms with van der Waals surface area (Å²) in [6.07, 6.45) is 0.827. The average Bonchev–Trinajstić information content (AvgIpc) is 2.96. The van der Waals surface area contributed by atoms with Crippen LogP contribution in [0.5, 0.6) is 0 Å². The Morgan fingerprint density at radius 2 is 2.05 bits per heavy atom. The van der Waals surface area contributed by atoms with Crippen LogP contribution in [0.1, 0.15) is 33.9 Å². The van der Waals surface area contributed by atoms with E-state index in [0.29, 0.717) is 17.9 Å². The molecule has 0 spiro atoms. The van der Waals surface area contributed by atoms with Crippen LogP contribution < -0.4 is 11.1 Å². The van der Waals surface area contributed by atoms with E-state index in [1.165, 1.54) is 0 Å². The number of nitrogens with zero attached hydrogens (tertiary/aromatic N) is 1. The van der Waals surface area contributed by atoms with Gasteiger partial charge in [-0.15, -0.1) is 0 Å². The minimum atomic E-state index is -0.499. The number of primary amides is 1. The molecule has 1 unspecified atom stereocenters. The lowest BCUT2D eigenvalue weighted by Crippen LogP contribution is -2.46. The highest BCUT2D eigenvalue weighted by molar-refractivity contribution is 5.98. The zero-order valence-corrected chi connectivity index (χ0v) is 12.2. The van der Waals surface area contributed by atoms with Gasteiger partial charge in [0.1, 0.15) is 11.5 Å². The van der Waals surface area contributed by atoms with Crippen molar-refractivity contribution in [3.05, 3.63) is 22.6 Å². The van der Waals surface area contributed by atoms with E-state index >= 15 is 0 Å². The lowest BCUT2D eigenvalue weighted by molar-refractivity contribution is -0.119. The summed E-state index contributed by atoms with van der Waals surface area (Å²) in [6, 6.07) is 0.00371. The standard InChI is InChI=1S/C14H21N3O3/c1-8-9(2)20-10(3)13(8)14(19)17(7-12(15)18)11-4-5-16-6-11/h11,16H,4-7H2,1-3H3,(H2,15,18). The maximum atomic E-state index is 12.8. The molecule has 1 aromatic rings. The van der Waals surface area contributed by atoms with Gasteiger partial charge in [-0.05, 0) is 33.7 Å². The van der Waals surface area contributed by atoms with Gasteiger partial charge in [-0.3, -0.25) is 9.59 Å². The summed E-state index contributed by atoms with van der Waals surface area (Å²) in [5.74, 6) is 0.643. The van der Waals surface area contributed by atoms with Crippen molar-refractivity contribution in [1.82, 2.24) is 10.2 Å². The van der Waals surface area contributed by atoms with E-state index in [4.69, 9.17) is 10.2 Å². The van der Waals surface area contributed by atoms with Gasteiger partial charge >= 0.3 is 0 Å². The number of nitrogens with two attached hydrogens (primary N) is 1. The molecule has 2 amide bonds. The minimum absolute atomic E-state index is 0.00371. The molecule has 1 aliphatic heterocycles. The Morgan fingerprint density at radius 3 is 2.50 bits per heavy atom. The number of hydrogen-bond donors (Lipinski definition) is 2. The van der Waals surface area contributed by atoms with Crippen LogP contribution in [0.4, 0.5) is 0 Å². The average molecular weight is 279 g/mol. The minimum Gasteiger partial charge on any atom is -0.466 e. The van der Waals surface area contributed by atoms with Crippen molar-refractivity contribution in [2.45, 2.75) is 33.2 Å². The molecular formula is C14H21N3O3. The Kier molecular flexibility index (Phi) is 4.13. The Hall–Kier alpha value is -1.82. The second-order valence-corrected chi connectivity index (χ2v) is 5.26. The summed E-state index contributed by atoms with van der Waals surface area (Å²) < 4.78 is 5.50. The largest absolute Gasteiger partial charge is 0.466 e. The van der Waals surface area contributed by atoms with E-state index in [2.05, 4.69) is 5.32 Å². The zero-order chi connectivity index (χ0) is 14.9. The Bertz CT molecular complexity index is 530. The number of rotatable bonds is 4. The molecule has 20 heavy (non-hydrogen) atoms. The van der Waals surface area contributed by atoms with Crippen molar-refractivity contribution in [2.24, 2.45) is 5.73 Å². The fraction of sp³-hybridized carbons (Fsp3) is 0.571. The van der Waals surface area contributed by atoms with Gasteiger partial charge in [0.25, 0.3) is 5.91 Å². The molecule has 2 heterocycles. The second-order valence-electron chi connectivity index (χ2n) is 5.26. The van der Waals surface area contributed by atoms with Gasteiger partial charge in [0.05, 0.1) is 12.1 Å². The predicted octanol–water partition coefficient (Wildman–Crippen LogP) is 0.494. The van der Waals surface area contributed by atoms with E-state index in [0.717, 1.165) is 24.3 Å². The van der Waals surface area contributed by atoms with E-state index < -0.39 is 5.91 Å². The molecule has 110 valence electrons. The van der Waals surface area contributed by atoms with Crippen molar-refractivity contribution in [1.29, 1.82) is 0 Å². The molecule has 6 nitrogen and oxygen atoms in total. The molecule has 1 atom stereocenters. The van der Waals surface area contributed by atoms with Crippen molar-refractivity contribution >= 4 is 11.8 Å². The first-order valence-electron chi connectivity index (χ1n) is 6.78. The van der Waals surface area contributed by atoms with Crippen molar-refractivity contribution in [2.75, 3.05) is 19.6 Å². The maximum absolute atomic E-state index is 12.8. The SMILES string of the molecule is Cc1oc(C)c(C(=O)N(CC(N)=O)C2CCNC2)c1C. The van der Waals surface area contributed by atoms with Gasteiger partial charge in [-0.1, -0.05) is 0 Å². The topological polar surface area (TPSA) is 88.6 Å². The highest BCUT2D eigenvalue weighted by Gasteiger charge is 2.31. The zero-order valence-electron chi connectivity index (χ0n) is 12.2. The van der Waals surface area contributed by atoms with Gasteiger partial charge in [0.15, 0.2) is 0 Å². The molecule has 2 rings (SSSR count). The maximum Gasteiger partial charge on any atom is 0.258 e.